The van der Waals surface area contributed by atoms with Crippen LogP contribution >= 0.6 is 11.6 Å². The van der Waals surface area contributed by atoms with E-state index < -0.39 is 11.5 Å². The van der Waals surface area contributed by atoms with Crippen LogP contribution in [0, 0.1) is 6.92 Å². The van der Waals surface area contributed by atoms with Crippen LogP contribution in [0.5, 0.6) is 5.75 Å². The van der Waals surface area contributed by atoms with Crippen molar-refractivity contribution in [2.24, 2.45) is 7.05 Å². The second-order valence-corrected chi connectivity index (χ2v) is 8.29. The largest absolute Gasteiger partial charge is 0.496 e. The van der Waals surface area contributed by atoms with Gasteiger partial charge in [-0.05, 0) is 61.7 Å². The number of aryl methyl sites for hydroxylation is 2. The first kappa shape index (κ1) is 22.6. The Kier molecular flexibility index (Phi) is 6.55. The number of halogens is 1. The number of carbonyl (C=O) groups excluding carboxylic acids is 2. The van der Waals surface area contributed by atoms with Gasteiger partial charge in [0.15, 0.2) is 5.69 Å². The van der Waals surface area contributed by atoms with Gasteiger partial charge in [-0.1, -0.05) is 12.1 Å². The predicted molar refractivity (Wildman–Crippen MR) is 121 cm³/mol. The maximum absolute atomic E-state index is 12.9. The van der Waals surface area contributed by atoms with Gasteiger partial charge in [0.05, 0.1) is 18.2 Å². The van der Waals surface area contributed by atoms with Gasteiger partial charge >= 0.3 is 5.97 Å². The van der Waals surface area contributed by atoms with E-state index in [1.54, 1.807) is 32.7 Å². The van der Waals surface area contributed by atoms with E-state index in [4.69, 9.17) is 21.1 Å². The normalized spacial score (nSPS) is 11.4. The van der Waals surface area contributed by atoms with E-state index >= 15 is 0 Å². The van der Waals surface area contributed by atoms with Gasteiger partial charge in [0, 0.05) is 12.4 Å². The van der Waals surface area contributed by atoms with Gasteiger partial charge in [-0.2, -0.15) is 5.10 Å². The molecule has 3 aromatic rings. The van der Waals surface area contributed by atoms with Crippen molar-refractivity contribution in [2.75, 3.05) is 19.6 Å². The van der Waals surface area contributed by atoms with Gasteiger partial charge in [-0.15, -0.1) is 11.6 Å². The highest BCUT2D eigenvalue weighted by Crippen LogP contribution is 2.29. The Morgan fingerprint density at radius 2 is 1.84 bits per heavy atom. The molecule has 1 heterocycles. The summed E-state index contributed by atoms with van der Waals surface area (Å²) < 4.78 is 12.1. The molecule has 0 saturated heterocycles. The molecule has 7 nitrogen and oxygen atoms in total. The third-order valence-corrected chi connectivity index (χ3v) is 5.17. The molecule has 2 aromatic carbocycles. The first-order valence-electron chi connectivity index (χ1n) is 9.81. The lowest BCUT2D eigenvalue weighted by Crippen LogP contribution is -2.47. The fourth-order valence-electron chi connectivity index (χ4n) is 3.36. The summed E-state index contributed by atoms with van der Waals surface area (Å²) in [7, 11) is 3.45. The third kappa shape index (κ3) is 4.99. The molecule has 0 radical (unpaired) electrons. The van der Waals surface area contributed by atoms with E-state index in [0.29, 0.717) is 5.69 Å². The van der Waals surface area contributed by atoms with Crippen LogP contribution in [0.4, 0.5) is 0 Å². The van der Waals surface area contributed by atoms with Crippen LogP contribution in [0.15, 0.2) is 36.4 Å². The lowest BCUT2D eigenvalue weighted by Gasteiger charge is -2.25. The lowest BCUT2D eigenvalue weighted by atomic mass is 10.0. The first-order chi connectivity index (χ1) is 14.6. The molecule has 164 valence electrons. The summed E-state index contributed by atoms with van der Waals surface area (Å²) >= 11 is 5.45. The topological polar surface area (TPSA) is 82.4 Å². The number of esters is 1. The van der Waals surface area contributed by atoms with E-state index in [0.717, 1.165) is 33.3 Å². The van der Waals surface area contributed by atoms with Gasteiger partial charge in [-0.25, -0.2) is 0 Å². The molecule has 0 spiro atoms. The summed E-state index contributed by atoms with van der Waals surface area (Å²) in [4.78, 5) is 24.2. The molecule has 1 amide bonds. The summed E-state index contributed by atoms with van der Waals surface area (Å²) in [5.41, 5.74) is 3.48. The van der Waals surface area contributed by atoms with Gasteiger partial charge < -0.3 is 14.8 Å². The fourth-order valence-corrected chi connectivity index (χ4v) is 3.44. The van der Waals surface area contributed by atoms with E-state index in [-0.39, 0.29) is 18.4 Å². The number of amides is 1. The second kappa shape index (κ2) is 8.98. The van der Waals surface area contributed by atoms with Gasteiger partial charge in [0.2, 0.25) is 0 Å². The number of nitrogens with one attached hydrogen (secondary N) is 1. The number of rotatable bonds is 7. The quantitative estimate of drug-likeness (QED) is 0.443. The zero-order chi connectivity index (χ0) is 22.8. The van der Waals surface area contributed by atoms with Gasteiger partial charge in [0.25, 0.3) is 5.91 Å². The summed E-state index contributed by atoms with van der Waals surface area (Å²) in [5.74, 6) is -0.270. The fraction of sp³-hybridized carbons (Fsp3) is 0.348. The van der Waals surface area contributed by atoms with Crippen LogP contribution in [-0.2, 0) is 16.6 Å². The molecule has 1 aromatic heterocycles. The van der Waals surface area contributed by atoms with Crippen LogP contribution in [0.1, 0.15) is 29.9 Å². The Hall–Kier alpha value is -3.06. The van der Waals surface area contributed by atoms with Crippen molar-refractivity contribution in [3.63, 3.8) is 0 Å². The zero-order valence-corrected chi connectivity index (χ0v) is 19.0. The molecule has 31 heavy (non-hydrogen) atoms. The molecular formula is C23H26ClN3O4. The number of nitrogens with zero attached hydrogens (tertiary/aromatic N) is 2. The number of carbonyl (C=O) groups is 2. The number of hydrogen-bond acceptors (Lipinski definition) is 5. The summed E-state index contributed by atoms with van der Waals surface area (Å²) in [6.45, 7) is 5.54. The number of fused-ring (bicyclic) bond motifs is 1. The van der Waals surface area contributed by atoms with E-state index in [1.807, 2.05) is 37.3 Å². The predicted octanol–water partition coefficient (Wildman–Crippen LogP) is 3.85. The second-order valence-electron chi connectivity index (χ2n) is 8.02. The average molecular weight is 444 g/mol. The number of hydrogen-bond donors (Lipinski definition) is 1. The smallest absolute Gasteiger partial charge is 0.320 e. The van der Waals surface area contributed by atoms with Crippen LogP contribution in [0.2, 0.25) is 0 Å². The number of alkyl halides is 1. The maximum Gasteiger partial charge on any atom is 0.320 e. The van der Waals surface area contributed by atoms with Gasteiger partial charge in [-0.3, -0.25) is 14.3 Å². The van der Waals surface area contributed by atoms with Crippen molar-refractivity contribution < 1.29 is 19.1 Å². The first-order valence-corrected chi connectivity index (χ1v) is 10.3. The van der Waals surface area contributed by atoms with Crippen molar-refractivity contribution in [1.82, 2.24) is 15.1 Å². The van der Waals surface area contributed by atoms with Crippen molar-refractivity contribution in [1.29, 1.82) is 0 Å². The molecular weight excluding hydrogens is 418 g/mol. The van der Waals surface area contributed by atoms with Crippen LogP contribution in [0.25, 0.3) is 22.0 Å². The van der Waals surface area contributed by atoms with Crippen LogP contribution in [-0.4, -0.2) is 46.8 Å². The molecule has 0 aliphatic heterocycles. The number of ether oxygens (including phenoxy) is 2. The Balaban J connectivity index is 1.87. The Bertz CT molecular complexity index is 1140. The molecule has 0 saturated carbocycles. The molecule has 0 bridgehead atoms. The summed E-state index contributed by atoms with van der Waals surface area (Å²) in [6.07, 6.45) is 0. The van der Waals surface area contributed by atoms with Crippen molar-refractivity contribution in [3.8, 4) is 16.9 Å². The van der Waals surface area contributed by atoms with Crippen molar-refractivity contribution in [2.45, 2.75) is 26.3 Å². The van der Waals surface area contributed by atoms with E-state index in [2.05, 4.69) is 16.5 Å². The molecule has 3 rings (SSSR count). The monoisotopic (exact) mass is 443 g/mol. The number of aromatic nitrogens is 2. The lowest BCUT2D eigenvalue weighted by molar-refractivity contribution is -0.142. The molecule has 0 aliphatic carbocycles. The average Bonchev–Trinajstić information content (AvgIpc) is 3.08. The number of benzene rings is 2. The minimum absolute atomic E-state index is 0.00995. The Morgan fingerprint density at radius 1 is 1.16 bits per heavy atom. The molecule has 0 atom stereocenters. The molecule has 1 N–H and O–H groups in total. The molecule has 0 aliphatic rings. The Labute approximate surface area is 186 Å². The van der Waals surface area contributed by atoms with Crippen LogP contribution < -0.4 is 10.1 Å². The van der Waals surface area contributed by atoms with Crippen molar-refractivity contribution >= 4 is 34.4 Å². The standard InChI is InChI=1S/C23H26ClN3O4/c1-14-10-15(7-9-19(14)30-5)16-6-8-17-18(11-16)27(4)26-21(17)22(29)25-23(2,3)13-31-20(28)12-24/h6-11H,12-13H2,1-5H3,(H,25,29). The van der Waals surface area contributed by atoms with Crippen LogP contribution in [0.3, 0.4) is 0 Å². The minimum Gasteiger partial charge on any atom is -0.496 e. The highest BCUT2D eigenvalue weighted by atomic mass is 35.5. The summed E-state index contributed by atoms with van der Waals surface area (Å²) in [5, 5.41) is 8.03. The van der Waals surface area contributed by atoms with Gasteiger partial charge in [0.1, 0.15) is 18.2 Å². The molecule has 0 fully saturated rings. The van der Waals surface area contributed by atoms with E-state index in [1.165, 1.54) is 0 Å². The minimum atomic E-state index is -0.775. The number of methoxy groups -OCH3 is 1. The highest BCUT2D eigenvalue weighted by molar-refractivity contribution is 6.26. The summed E-state index contributed by atoms with van der Waals surface area (Å²) in [6, 6.07) is 11.9. The highest BCUT2D eigenvalue weighted by Gasteiger charge is 2.26. The van der Waals surface area contributed by atoms with Crippen molar-refractivity contribution in [3.05, 3.63) is 47.7 Å². The van der Waals surface area contributed by atoms with E-state index in [9.17, 15) is 9.59 Å². The molecule has 0 unspecified atom stereocenters. The Morgan fingerprint density at radius 3 is 2.48 bits per heavy atom. The maximum atomic E-state index is 12.9. The molecule has 8 heteroatoms. The third-order valence-electron chi connectivity index (χ3n) is 4.95. The zero-order valence-electron chi connectivity index (χ0n) is 18.3. The SMILES string of the molecule is COc1ccc(-c2ccc3c(C(=O)NC(C)(C)COC(=O)CCl)nn(C)c3c2)cc1C.